The molecule has 0 bridgehead atoms. The summed E-state index contributed by atoms with van der Waals surface area (Å²) >= 11 is 0. The van der Waals surface area contributed by atoms with Crippen molar-refractivity contribution in [2.75, 3.05) is 0 Å². The van der Waals surface area contributed by atoms with Crippen LogP contribution in [0.25, 0.3) is 0 Å². The van der Waals surface area contributed by atoms with Crippen LogP contribution in [0.15, 0.2) is 28.1 Å². The standard InChI is InChI=1S/C8H8N4O5S/c13-8(14)6-4-9-11-7(6)18(15,16)10-3-5-1-2-17-12-5/h1-2,4,10H,3H2,(H,9,11)(H,13,14). The fourth-order valence-electron chi connectivity index (χ4n) is 1.20. The summed E-state index contributed by atoms with van der Waals surface area (Å²) in [5, 5.41) is 17.3. The molecule has 96 valence electrons. The number of aromatic nitrogens is 3. The monoisotopic (exact) mass is 272 g/mol. The maximum atomic E-state index is 11.8. The van der Waals surface area contributed by atoms with Crippen molar-refractivity contribution in [3.8, 4) is 0 Å². The highest BCUT2D eigenvalue weighted by Gasteiger charge is 2.24. The molecular formula is C8H8N4O5S. The Hall–Kier alpha value is -2.20. The maximum Gasteiger partial charge on any atom is 0.340 e. The van der Waals surface area contributed by atoms with Gasteiger partial charge >= 0.3 is 5.97 Å². The van der Waals surface area contributed by atoms with E-state index in [-0.39, 0.29) is 6.54 Å². The minimum atomic E-state index is -4.00. The third kappa shape index (κ3) is 2.38. The molecule has 0 amide bonds. The van der Waals surface area contributed by atoms with E-state index >= 15 is 0 Å². The number of rotatable bonds is 5. The highest BCUT2D eigenvalue weighted by molar-refractivity contribution is 7.89. The molecule has 0 saturated heterocycles. The second-order valence-corrected chi connectivity index (χ2v) is 4.94. The molecule has 0 aliphatic rings. The van der Waals surface area contributed by atoms with Gasteiger partial charge in [-0.1, -0.05) is 5.16 Å². The molecule has 10 heteroatoms. The van der Waals surface area contributed by atoms with Crippen molar-refractivity contribution in [3.63, 3.8) is 0 Å². The number of nitrogens with one attached hydrogen (secondary N) is 2. The Labute approximate surface area is 101 Å². The highest BCUT2D eigenvalue weighted by Crippen LogP contribution is 2.11. The predicted molar refractivity (Wildman–Crippen MR) is 56.1 cm³/mol. The SMILES string of the molecule is O=C(O)c1cn[nH]c1S(=O)(=O)NCc1ccon1. The summed E-state index contributed by atoms with van der Waals surface area (Å²) in [6, 6.07) is 1.48. The smallest absolute Gasteiger partial charge is 0.340 e. The molecule has 2 heterocycles. The Morgan fingerprint density at radius 2 is 2.33 bits per heavy atom. The minimum absolute atomic E-state index is 0.114. The van der Waals surface area contributed by atoms with Gasteiger partial charge in [-0.2, -0.15) is 5.10 Å². The van der Waals surface area contributed by atoms with Gasteiger partial charge < -0.3 is 9.63 Å². The number of hydrogen-bond acceptors (Lipinski definition) is 6. The van der Waals surface area contributed by atoms with E-state index in [9.17, 15) is 13.2 Å². The average molecular weight is 272 g/mol. The van der Waals surface area contributed by atoms with Crippen molar-refractivity contribution in [1.82, 2.24) is 20.1 Å². The molecule has 0 aromatic carbocycles. The van der Waals surface area contributed by atoms with Crippen LogP contribution in [0.3, 0.4) is 0 Å². The number of H-pyrrole nitrogens is 1. The molecule has 0 fully saturated rings. The Bertz CT molecular complexity index is 645. The lowest BCUT2D eigenvalue weighted by molar-refractivity contribution is 0.0692. The van der Waals surface area contributed by atoms with Gasteiger partial charge in [0.1, 0.15) is 11.8 Å². The number of aromatic carboxylic acids is 1. The van der Waals surface area contributed by atoms with E-state index in [1.54, 1.807) is 0 Å². The Balaban J connectivity index is 2.20. The maximum absolute atomic E-state index is 11.8. The number of aromatic amines is 1. The van der Waals surface area contributed by atoms with Gasteiger partial charge in [0.15, 0.2) is 5.03 Å². The molecule has 0 spiro atoms. The predicted octanol–water partition coefficient (Wildman–Crippen LogP) is -0.426. The zero-order chi connectivity index (χ0) is 13.2. The summed E-state index contributed by atoms with van der Waals surface area (Å²) in [7, 11) is -4.00. The van der Waals surface area contributed by atoms with E-state index in [0.717, 1.165) is 6.20 Å². The molecule has 3 N–H and O–H groups in total. The molecule has 0 aliphatic carbocycles. The lowest BCUT2D eigenvalue weighted by atomic mass is 10.4. The topological polar surface area (TPSA) is 138 Å². The molecule has 9 nitrogen and oxygen atoms in total. The van der Waals surface area contributed by atoms with Gasteiger partial charge in [-0.15, -0.1) is 0 Å². The highest BCUT2D eigenvalue weighted by atomic mass is 32.2. The fourth-order valence-corrected chi connectivity index (χ4v) is 2.29. The second kappa shape index (κ2) is 4.58. The summed E-state index contributed by atoms with van der Waals surface area (Å²) in [6.07, 6.45) is 2.22. The molecule has 0 atom stereocenters. The number of carbonyl (C=O) groups is 1. The molecular weight excluding hydrogens is 264 g/mol. The largest absolute Gasteiger partial charge is 0.478 e. The van der Waals surface area contributed by atoms with Crippen molar-refractivity contribution >= 4 is 16.0 Å². The van der Waals surface area contributed by atoms with Crippen molar-refractivity contribution in [2.45, 2.75) is 11.6 Å². The van der Waals surface area contributed by atoms with Gasteiger partial charge in [0.2, 0.25) is 0 Å². The van der Waals surface area contributed by atoms with E-state index in [0.29, 0.717) is 5.69 Å². The van der Waals surface area contributed by atoms with Crippen LogP contribution >= 0.6 is 0 Å². The minimum Gasteiger partial charge on any atom is -0.478 e. The lowest BCUT2D eigenvalue weighted by Gasteiger charge is -2.03. The summed E-state index contributed by atoms with van der Waals surface area (Å²) in [5.41, 5.74) is -0.0578. The average Bonchev–Trinajstić information content (AvgIpc) is 2.98. The van der Waals surface area contributed by atoms with E-state index < -0.39 is 26.6 Å². The van der Waals surface area contributed by atoms with Gasteiger partial charge in [-0.3, -0.25) is 5.10 Å². The van der Waals surface area contributed by atoms with Crippen LogP contribution in [-0.4, -0.2) is 34.8 Å². The van der Waals surface area contributed by atoms with Gasteiger partial charge in [0, 0.05) is 6.07 Å². The molecule has 0 radical (unpaired) electrons. The normalized spacial score (nSPS) is 11.6. The zero-order valence-corrected chi connectivity index (χ0v) is 9.64. The van der Waals surface area contributed by atoms with Gasteiger partial charge in [0.05, 0.1) is 18.4 Å². The summed E-state index contributed by atoms with van der Waals surface area (Å²) < 4.78 is 30.3. The zero-order valence-electron chi connectivity index (χ0n) is 8.82. The van der Waals surface area contributed by atoms with Crippen LogP contribution < -0.4 is 4.72 Å². The molecule has 0 aliphatic heterocycles. The quantitative estimate of drug-likeness (QED) is 0.671. The summed E-state index contributed by atoms with van der Waals surface area (Å²) in [4.78, 5) is 10.8. The first-order chi connectivity index (χ1) is 8.50. The van der Waals surface area contributed by atoms with Crippen LogP contribution in [0.4, 0.5) is 0 Å². The van der Waals surface area contributed by atoms with Crippen LogP contribution in [0.5, 0.6) is 0 Å². The number of hydrogen-bond donors (Lipinski definition) is 3. The fraction of sp³-hybridized carbons (Fsp3) is 0.125. The van der Waals surface area contributed by atoms with E-state index in [1.807, 2.05) is 0 Å². The summed E-state index contributed by atoms with van der Waals surface area (Å²) in [5.74, 6) is -1.38. The lowest BCUT2D eigenvalue weighted by Crippen LogP contribution is -2.25. The number of sulfonamides is 1. The van der Waals surface area contributed by atoms with Crippen LogP contribution in [-0.2, 0) is 16.6 Å². The van der Waals surface area contributed by atoms with E-state index in [2.05, 4.69) is 24.6 Å². The van der Waals surface area contributed by atoms with Crippen molar-refractivity contribution in [2.24, 2.45) is 0 Å². The molecule has 0 saturated carbocycles. The van der Waals surface area contributed by atoms with Crippen LogP contribution in [0, 0.1) is 0 Å². The Morgan fingerprint density at radius 1 is 1.56 bits per heavy atom. The first kappa shape index (κ1) is 12.3. The number of carboxylic acid groups (broad SMARTS) is 1. The van der Waals surface area contributed by atoms with Gasteiger partial charge in [0.25, 0.3) is 10.0 Å². The van der Waals surface area contributed by atoms with Crippen molar-refractivity contribution < 1.29 is 22.8 Å². The Kier molecular flexibility index (Phi) is 3.12. The number of carboxylic acids is 1. The third-order valence-electron chi connectivity index (χ3n) is 2.04. The van der Waals surface area contributed by atoms with E-state index in [1.165, 1.54) is 12.3 Å². The molecule has 18 heavy (non-hydrogen) atoms. The van der Waals surface area contributed by atoms with Crippen LogP contribution in [0.1, 0.15) is 16.1 Å². The summed E-state index contributed by atoms with van der Waals surface area (Å²) in [6.45, 7) is -0.114. The van der Waals surface area contributed by atoms with Crippen molar-refractivity contribution in [1.29, 1.82) is 0 Å². The van der Waals surface area contributed by atoms with Gasteiger partial charge in [-0.25, -0.2) is 17.9 Å². The molecule has 2 aromatic heterocycles. The van der Waals surface area contributed by atoms with Crippen molar-refractivity contribution in [3.05, 3.63) is 29.8 Å². The Morgan fingerprint density at radius 3 is 2.94 bits per heavy atom. The van der Waals surface area contributed by atoms with E-state index in [4.69, 9.17) is 5.11 Å². The molecule has 2 rings (SSSR count). The first-order valence-corrected chi connectivity index (χ1v) is 6.14. The second-order valence-electron chi connectivity index (χ2n) is 3.23. The van der Waals surface area contributed by atoms with Gasteiger partial charge in [-0.05, 0) is 0 Å². The molecule has 0 unspecified atom stereocenters. The third-order valence-corrected chi connectivity index (χ3v) is 3.41. The first-order valence-electron chi connectivity index (χ1n) is 4.66. The van der Waals surface area contributed by atoms with Crippen LogP contribution in [0.2, 0.25) is 0 Å². The molecule has 2 aromatic rings. The number of nitrogens with zero attached hydrogens (tertiary/aromatic N) is 2.